The fourth-order valence-corrected chi connectivity index (χ4v) is 5.25. The standard InChI is InChI=1S/C23H24N2O4S/c1-15-19(21(27)29-2)20(17-8-10-18(26)11-9-17)25-22(24-15)30-14-23(25,28)13-12-16-6-4-3-5-7-16/h3-11,20,26,28H,12-14H2,1-2H3. The second kappa shape index (κ2) is 8.16. The summed E-state index contributed by atoms with van der Waals surface area (Å²) in [5.41, 5.74) is 1.71. The maximum atomic E-state index is 12.7. The Morgan fingerprint density at radius 3 is 2.60 bits per heavy atom. The molecule has 2 aliphatic rings. The summed E-state index contributed by atoms with van der Waals surface area (Å²) in [6, 6.07) is 16.1. The number of esters is 1. The summed E-state index contributed by atoms with van der Waals surface area (Å²) in [7, 11) is 1.34. The lowest BCUT2D eigenvalue weighted by Crippen LogP contribution is -2.52. The molecule has 30 heavy (non-hydrogen) atoms. The highest BCUT2D eigenvalue weighted by molar-refractivity contribution is 8.14. The van der Waals surface area contributed by atoms with Gasteiger partial charge in [-0.25, -0.2) is 9.79 Å². The fraction of sp³-hybridized carbons (Fsp3) is 0.304. The second-order valence-corrected chi connectivity index (χ2v) is 8.45. The predicted molar refractivity (Wildman–Crippen MR) is 117 cm³/mol. The number of aromatic hydroxyl groups is 1. The molecule has 0 saturated carbocycles. The molecule has 7 heteroatoms. The number of allylic oxidation sites excluding steroid dienone is 1. The Bertz CT molecular complexity index is 1000. The van der Waals surface area contributed by atoms with Gasteiger partial charge in [0.15, 0.2) is 5.17 Å². The molecule has 0 aliphatic carbocycles. The van der Waals surface area contributed by atoms with Crippen molar-refractivity contribution in [2.24, 2.45) is 4.99 Å². The molecule has 2 unspecified atom stereocenters. The van der Waals surface area contributed by atoms with E-state index in [1.807, 2.05) is 35.2 Å². The monoisotopic (exact) mass is 424 g/mol. The van der Waals surface area contributed by atoms with Gasteiger partial charge in [-0.1, -0.05) is 54.2 Å². The topological polar surface area (TPSA) is 82.4 Å². The first-order valence-corrected chi connectivity index (χ1v) is 10.8. The number of nitrogens with zero attached hydrogens (tertiary/aromatic N) is 2. The van der Waals surface area contributed by atoms with Crippen molar-refractivity contribution in [3.8, 4) is 5.75 Å². The third kappa shape index (κ3) is 3.70. The molecule has 1 fully saturated rings. The van der Waals surface area contributed by atoms with Gasteiger partial charge in [0.2, 0.25) is 0 Å². The zero-order valence-electron chi connectivity index (χ0n) is 16.9. The van der Waals surface area contributed by atoms with Crippen molar-refractivity contribution in [2.75, 3.05) is 12.9 Å². The molecule has 2 aromatic rings. The number of aryl methyl sites for hydroxylation is 1. The largest absolute Gasteiger partial charge is 0.508 e. The van der Waals surface area contributed by atoms with Crippen LogP contribution in [0.4, 0.5) is 0 Å². The number of aliphatic hydroxyl groups is 1. The van der Waals surface area contributed by atoms with E-state index < -0.39 is 17.7 Å². The van der Waals surface area contributed by atoms with E-state index in [-0.39, 0.29) is 5.75 Å². The van der Waals surface area contributed by atoms with Gasteiger partial charge in [-0.2, -0.15) is 0 Å². The van der Waals surface area contributed by atoms with Crippen molar-refractivity contribution in [1.82, 2.24) is 4.90 Å². The molecule has 156 valence electrons. The number of thioether (sulfide) groups is 1. The van der Waals surface area contributed by atoms with Crippen LogP contribution in [0.15, 0.2) is 70.9 Å². The molecule has 2 aliphatic heterocycles. The number of phenolic OH excluding ortho intramolecular Hbond substituents is 1. The van der Waals surface area contributed by atoms with Crippen molar-refractivity contribution >= 4 is 22.9 Å². The zero-order valence-corrected chi connectivity index (χ0v) is 17.7. The van der Waals surface area contributed by atoms with Crippen LogP contribution in [0.3, 0.4) is 0 Å². The van der Waals surface area contributed by atoms with Gasteiger partial charge in [-0.15, -0.1) is 0 Å². The van der Waals surface area contributed by atoms with Crippen LogP contribution in [0.25, 0.3) is 0 Å². The van der Waals surface area contributed by atoms with Crippen molar-refractivity contribution < 1.29 is 19.7 Å². The fourth-order valence-electron chi connectivity index (χ4n) is 3.99. The molecule has 0 radical (unpaired) electrons. The summed E-state index contributed by atoms with van der Waals surface area (Å²) in [6.45, 7) is 1.78. The van der Waals surface area contributed by atoms with Crippen LogP contribution in [0.1, 0.15) is 30.5 Å². The molecule has 2 N–H and O–H groups in total. The molecule has 4 rings (SSSR count). The molecule has 0 amide bonds. The van der Waals surface area contributed by atoms with Gasteiger partial charge in [0.1, 0.15) is 11.5 Å². The Hall–Kier alpha value is -2.77. The lowest BCUT2D eigenvalue weighted by molar-refractivity contribution is -0.138. The average molecular weight is 425 g/mol. The van der Waals surface area contributed by atoms with Crippen LogP contribution in [0, 0.1) is 0 Å². The van der Waals surface area contributed by atoms with Crippen LogP contribution in [-0.2, 0) is 16.0 Å². The number of rotatable bonds is 5. The van der Waals surface area contributed by atoms with Crippen LogP contribution in [-0.4, -0.2) is 44.8 Å². The molecular weight excluding hydrogens is 400 g/mol. The first kappa shape index (κ1) is 20.5. The molecule has 0 bridgehead atoms. The Kier molecular flexibility index (Phi) is 5.58. The summed E-state index contributed by atoms with van der Waals surface area (Å²) in [5.74, 6) is 0.115. The maximum Gasteiger partial charge on any atom is 0.338 e. The molecule has 2 aromatic carbocycles. The van der Waals surface area contributed by atoms with Gasteiger partial charge < -0.3 is 19.8 Å². The second-order valence-electron chi connectivity index (χ2n) is 7.51. The SMILES string of the molecule is COC(=O)C1=C(C)N=C2SCC(O)(CCc3ccccc3)N2C1c1ccc(O)cc1. The van der Waals surface area contributed by atoms with Crippen LogP contribution in [0.5, 0.6) is 5.75 Å². The van der Waals surface area contributed by atoms with Gasteiger partial charge in [0.25, 0.3) is 0 Å². The smallest absolute Gasteiger partial charge is 0.338 e. The highest BCUT2D eigenvalue weighted by atomic mass is 32.2. The van der Waals surface area contributed by atoms with Crippen molar-refractivity contribution in [1.29, 1.82) is 0 Å². The Labute approximate surface area is 179 Å². The van der Waals surface area contributed by atoms with Gasteiger partial charge in [-0.3, -0.25) is 0 Å². The molecule has 6 nitrogen and oxygen atoms in total. The van der Waals surface area contributed by atoms with Crippen LogP contribution >= 0.6 is 11.8 Å². The number of phenols is 1. The summed E-state index contributed by atoms with van der Waals surface area (Å²) >= 11 is 1.49. The summed E-state index contributed by atoms with van der Waals surface area (Å²) in [5, 5.41) is 22.1. The van der Waals surface area contributed by atoms with Crippen molar-refractivity contribution in [3.63, 3.8) is 0 Å². The van der Waals surface area contributed by atoms with Crippen LogP contribution in [0.2, 0.25) is 0 Å². The minimum absolute atomic E-state index is 0.138. The van der Waals surface area contributed by atoms with Gasteiger partial charge in [0.05, 0.1) is 24.4 Å². The number of benzene rings is 2. The lowest BCUT2D eigenvalue weighted by atomic mass is 9.91. The molecule has 2 heterocycles. The summed E-state index contributed by atoms with van der Waals surface area (Å²) in [6.07, 6.45) is 1.19. The number of hydrogen-bond donors (Lipinski definition) is 2. The summed E-state index contributed by atoms with van der Waals surface area (Å²) in [4.78, 5) is 19.1. The normalized spacial score (nSPS) is 23.2. The third-order valence-corrected chi connectivity index (χ3v) is 6.70. The highest BCUT2D eigenvalue weighted by Crippen LogP contribution is 2.47. The zero-order chi connectivity index (χ0) is 21.3. The average Bonchev–Trinajstić information content (AvgIpc) is 3.08. The molecule has 0 spiro atoms. The van der Waals surface area contributed by atoms with Crippen molar-refractivity contribution in [3.05, 3.63) is 77.0 Å². The highest BCUT2D eigenvalue weighted by Gasteiger charge is 2.51. The van der Waals surface area contributed by atoms with E-state index in [2.05, 4.69) is 4.99 Å². The Balaban J connectivity index is 1.75. The predicted octanol–water partition coefficient (Wildman–Crippen LogP) is 3.62. The number of carbonyl (C=O) groups excluding carboxylic acids is 1. The third-order valence-electron chi connectivity index (χ3n) is 5.54. The Morgan fingerprint density at radius 2 is 1.93 bits per heavy atom. The Morgan fingerprint density at radius 1 is 1.23 bits per heavy atom. The number of amidine groups is 1. The van der Waals surface area contributed by atoms with E-state index >= 15 is 0 Å². The van der Waals surface area contributed by atoms with Gasteiger partial charge in [-0.05, 0) is 36.6 Å². The van der Waals surface area contributed by atoms with Gasteiger partial charge in [0, 0.05) is 12.2 Å². The molecular formula is C23H24N2O4S. The number of methoxy groups -OCH3 is 1. The maximum absolute atomic E-state index is 12.7. The number of carbonyl (C=O) groups is 1. The van der Waals surface area contributed by atoms with E-state index in [0.717, 1.165) is 11.1 Å². The molecule has 0 aromatic heterocycles. The van der Waals surface area contributed by atoms with Crippen LogP contribution < -0.4 is 0 Å². The molecule has 1 saturated heterocycles. The van der Waals surface area contributed by atoms with Crippen molar-refractivity contribution in [2.45, 2.75) is 31.5 Å². The summed E-state index contributed by atoms with van der Waals surface area (Å²) < 4.78 is 5.05. The van der Waals surface area contributed by atoms with E-state index in [4.69, 9.17) is 4.74 Å². The van der Waals surface area contributed by atoms with E-state index in [0.29, 0.717) is 35.0 Å². The minimum Gasteiger partial charge on any atom is -0.508 e. The van der Waals surface area contributed by atoms with Gasteiger partial charge >= 0.3 is 5.97 Å². The number of fused-ring (bicyclic) bond motifs is 1. The number of aliphatic imine (C=N–C) groups is 1. The van der Waals surface area contributed by atoms with E-state index in [1.165, 1.54) is 18.9 Å². The van der Waals surface area contributed by atoms with E-state index in [9.17, 15) is 15.0 Å². The first-order chi connectivity index (χ1) is 14.4. The number of ether oxygens (including phenoxy) is 1. The number of hydrogen-bond acceptors (Lipinski definition) is 7. The lowest BCUT2D eigenvalue weighted by Gasteiger charge is -2.42. The minimum atomic E-state index is -1.18. The first-order valence-electron chi connectivity index (χ1n) is 9.78. The quantitative estimate of drug-likeness (QED) is 0.714. The van der Waals surface area contributed by atoms with E-state index in [1.54, 1.807) is 31.2 Å². The molecule has 2 atom stereocenters.